The first-order valence-electron chi connectivity index (χ1n) is 5.79. The number of carboxylic acid groups (broad SMARTS) is 1. The first-order valence-corrected chi connectivity index (χ1v) is 5.79. The number of carboxylic acids is 1. The quantitative estimate of drug-likeness (QED) is 0.684. The second-order valence-corrected chi connectivity index (χ2v) is 4.24. The van der Waals surface area contributed by atoms with E-state index in [2.05, 4.69) is 10.1 Å². The maximum absolute atomic E-state index is 10.8. The molecule has 0 saturated heterocycles. The summed E-state index contributed by atoms with van der Waals surface area (Å²) in [7, 11) is 0. The Morgan fingerprint density at radius 3 is 2.63 bits per heavy atom. The largest absolute Gasteiger partial charge is 0.543 e. The van der Waals surface area contributed by atoms with Crippen molar-refractivity contribution in [1.29, 1.82) is 0 Å². The molecule has 0 aliphatic carbocycles. The number of rotatable bonds is 2. The van der Waals surface area contributed by atoms with Crippen LogP contribution in [0, 0.1) is 6.92 Å². The molecule has 2 heterocycles. The first kappa shape index (κ1) is 11.4. The highest BCUT2D eigenvalue weighted by atomic mass is 16.4. The van der Waals surface area contributed by atoms with Crippen LogP contribution in [0.4, 0.5) is 0 Å². The monoisotopic (exact) mass is 252 g/mol. The van der Waals surface area contributed by atoms with Crippen molar-refractivity contribution in [3.63, 3.8) is 0 Å². The second kappa shape index (κ2) is 4.20. The maximum atomic E-state index is 10.8. The van der Waals surface area contributed by atoms with Gasteiger partial charge in [-0.1, -0.05) is 30.3 Å². The summed E-state index contributed by atoms with van der Waals surface area (Å²) in [6.45, 7) is 1.85. The van der Waals surface area contributed by atoms with Crippen molar-refractivity contribution in [3.05, 3.63) is 53.9 Å². The molecule has 2 aromatic heterocycles. The third kappa shape index (κ3) is 1.95. The van der Waals surface area contributed by atoms with Crippen molar-refractivity contribution >= 4 is 11.6 Å². The van der Waals surface area contributed by atoms with Crippen molar-refractivity contribution in [2.75, 3.05) is 0 Å². The third-order valence-electron chi connectivity index (χ3n) is 2.88. The SMILES string of the molecule is Cc1cc(-c2ccccc2)nc2cc(C(=O)[O-])nn12. The number of hydrogen-bond donors (Lipinski definition) is 0. The summed E-state index contributed by atoms with van der Waals surface area (Å²) < 4.78 is 1.50. The van der Waals surface area contributed by atoms with Crippen LogP contribution in [-0.2, 0) is 0 Å². The Morgan fingerprint density at radius 1 is 1.21 bits per heavy atom. The van der Waals surface area contributed by atoms with Gasteiger partial charge in [0.25, 0.3) is 0 Å². The molecule has 0 unspecified atom stereocenters. The van der Waals surface area contributed by atoms with Crippen LogP contribution in [0.5, 0.6) is 0 Å². The number of aryl methyl sites for hydroxylation is 1. The van der Waals surface area contributed by atoms with Gasteiger partial charge in [0, 0.05) is 17.3 Å². The van der Waals surface area contributed by atoms with E-state index in [1.165, 1.54) is 10.6 Å². The van der Waals surface area contributed by atoms with Crippen LogP contribution < -0.4 is 5.11 Å². The Morgan fingerprint density at radius 2 is 1.95 bits per heavy atom. The smallest absolute Gasteiger partial charge is 0.156 e. The molecule has 0 N–H and O–H groups in total. The van der Waals surface area contributed by atoms with Crippen LogP contribution in [0.1, 0.15) is 16.2 Å². The maximum Gasteiger partial charge on any atom is 0.156 e. The fraction of sp³-hybridized carbons (Fsp3) is 0.0714. The number of benzene rings is 1. The van der Waals surface area contributed by atoms with Crippen molar-refractivity contribution in [1.82, 2.24) is 14.6 Å². The Hall–Kier alpha value is -2.69. The molecule has 0 spiro atoms. The summed E-state index contributed by atoms with van der Waals surface area (Å²) in [5, 5.41) is 14.8. The summed E-state index contributed by atoms with van der Waals surface area (Å²) in [5.41, 5.74) is 2.97. The molecule has 5 nitrogen and oxygen atoms in total. The van der Waals surface area contributed by atoms with Gasteiger partial charge in [0.05, 0.1) is 11.7 Å². The first-order chi connectivity index (χ1) is 9.15. The van der Waals surface area contributed by atoms with Gasteiger partial charge >= 0.3 is 0 Å². The summed E-state index contributed by atoms with van der Waals surface area (Å²) in [5.74, 6) is -1.30. The van der Waals surface area contributed by atoms with E-state index >= 15 is 0 Å². The fourth-order valence-corrected chi connectivity index (χ4v) is 1.98. The van der Waals surface area contributed by atoms with Gasteiger partial charge in [-0.25, -0.2) is 9.50 Å². The van der Waals surface area contributed by atoms with Crippen molar-refractivity contribution < 1.29 is 9.90 Å². The zero-order valence-electron chi connectivity index (χ0n) is 10.2. The minimum absolute atomic E-state index is 0.110. The molecule has 0 radical (unpaired) electrons. The minimum Gasteiger partial charge on any atom is -0.543 e. The Bertz CT molecular complexity index is 763. The van der Waals surface area contributed by atoms with Gasteiger partial charge in [-0.2, -0.15) is 5.10 Å². The van der Waals surface area contributed by atoms with E-state index in [9.17, 15) is 9.90 Å². The van der Waals surface area contributed by atoms with Crippen molar-refractivity contribution in [3.8, 4) is 11.3 Å². The average Bonchev–Trinajstić information content (AvgIpc) is 2.84. The second-order valence-electron chi connectivity index (χ2n) is 4.24. The summed E-state index contributed by atoms with van der Waals surface area (Å²) >= 11 is 0. The van der Waals surface area contributed by atoms with E-state index in [1.807, 2.05) is 43.3 Å². The lowest BCUT2D eigenvalue weighted by Gasteiger charge is -2.04. The fourth-order valence-electron chi connectivity index (χ4n) is 1.98. The van der Waals surface area contributed by atoms with E-state index in [4.69, 9.17) is 0 Å². The molecule has 0 bridgehead atoms. The third-order valence-corrected chi connectivity index (χ3v) is 2.88. The lowest BCUT2D eigenvalue weighted by atomic mass is 10.1. The van der Waals surface area contributed by atoms with Gasteiger partial charge in [0.2, 0.25) is 0 Å². The predicted molar refractivity (Wildman–Crippen MR) is 67.5 cm³/mol. The number of carbonyl (C=O) groups excluding carboxylic acids is 1. The normalized spacial score (nSPS) is 10.8. The Labute approximate surface area is 109 Å². The van der Waals surface area contributed by atoms with E-state index < -0.39 is 5.97 Å². The van der Waals surface area contributed by atoms with Crippen LogP contribution in [0.3, 0.4) is 0 Å². The molecular formula is C14H10N3O2-. The number of carbonyl (C=O) groups is 1. The summed E-state index contributed by atoms with van der Waals surface area (Å²) in [6, 6.07) is 13.0. The minimum atomic E-state index is -1.30. The molecule has 19 heavy (non-hydrogen) atoms. The number of nitrogens with zero attached hydrogens (tertiary/aromatic N) is 3. The molecule has 3 aromatic rings. The van der Waals surface area contributed by atoms with Gasteiger partial charge in [0.15, 0.2) is 5.65 Å². The van der Waals surface area contributed by atoms with Gasteiger partial charge in [-0.15, -0.1) is 0 Å². The summed E-state index contributed by atoms with van der Waals surface area (Å²) in [4.78, 5) is 15.2. The predicted octanol–water partition coefficient (Wildman–Crippen LogP) is 1.07. The highest BCUT2D eigenvalue weighted by Crippen LogP contribution is 2.19. The molecular weight excluding hydrogens is 242 g/mol. The Balaban J connectivity index is 2.22. The number of hydrogen-bond acceptors (Lipinski definition) is 4. The molecule has 0 saturated carbocycles. The van der Waals surface area contributed by atoms with Crippen LogP contribution in [0.2, 0.25) is 0 Å². The average molecular weight is 252 g/mol. The van der Waals surface area contributed by atoms with Crippen LogP contribution in [-0.4, -0.2) is 20.6 Å². The van der Waals surface area contributed by atoms with Gasteiger partial charge in [-0.3, -0.25) is 0 Å². The van der Waals surface area contributed by atoms with Crippen molar-refractivity contribution in [2.45, 2.75) is 6.92 Å². The highest BCUT2D eigenvalue weighted by molar-refractivity contribution is 5.85. The van der Waals surface area contributed by atoms with Crippen molar-refractivity contribution in [2.24, 2.45) is 0 Å². The van der Waals surface area contributed by atoms with E-state index in [0.717, 1.165) is 17.0 Å². The zero-order chi connectivity index (χ0) is 13.4. The Kier molecular flexibility index (Phi) is 2.52. The molecule has 0 fully saturated rings. The highest BCUT2D eigenvalue weighted by Gasteiger charge is 2.08. The van der Waals surface area contributed by atoms with E-state index in [-0.39, 0.29) is 5.69 Å². The lowest BCUT2D eigenvalue weighted by Crippen LogP contribution is -2.22. The molecule has 0 aliphatic heterocycles. The molecule has 0 amide bonds. The molecule has 5 heteroatoms. The van der Waals surface area contributed by atoms with Crippen LogP contribution >= 0.6 is 0 Å². The van der Waals surface area contributed by atoms with Gasteiger partial charge in [-0.05, 0) is 13.0 Å². The lowest BCUT2D eigenvalue weighted by molar-refractivity contribution is -0.255. The zero-order valence-corrected chi connectivity index (χ0v) is 10.2. The van der Waals surface area contributed by atoms with E-state index in [1.54, 1.807) is 0 Å². The van der Waals surface area contributed by atoms with Crippen LogP contribution in [0.25, 0.3) is 16.9 Å². The van der Waals surface area contributed by atoms with Gasteiger partial charge in [0.1, 0.15) is 5.69 Å². The number of aromatic nitrogens is 3. The molecule has 0 atom stereocenters. The number of aromatic carboxylic acids is 1. The molecule has 3 rings (SSSR count). The molecule has 0 aliphatic rings. The van der Waals surface area contributed by atoms with Crippen LogP contribution in [0.15, 0.2) is 42.5 Å². The van der Waals surface area contributed by atoms with E-state index in [0.29, 0.717) is 5.65 Å². The summed E-state index contributed by atoms with van der Waals surface area (Å²) in [6.07, 6.45) is 0. The topological polar surface area (TPSA) is 70.3 Å². The molecule has 94 valence electrons. The molecule has 1 aromatic carbocycles. The standard InChI is InChI=1S/C14H11N3O2/c1-9-7-11(10-5-3-2-4-6-10)15-13-8-12(14(18)19)16-17(9)13/h2-8H,1H3,(H,18,19)/p-1. The number of fused-ring (bicyclic) bond motifs is 1. The van der Waals surface area contributed by atoms with Gasteiger partial charge < -0.3 is 9.90 Å².